The Kier molecular flexibility index (Phi) is 4.34. The standard InChI is InChI=1S/C11H13FN2O6S/c1-11(2,3)20-10(15)6-4-7(14(16)17)9(12)8(5-6)21(13,18)19/h4-5H,1-3H3,(H2,13,18,19). The highest BCUT2D eigenvalue weighted by Gasteiger charge is 2.29. The fourth-order valence-corrected chi connectivity index (χ4v) is 2.02. The summed E-state index contributed by atoms with van der Waals surface area (Å²) in [6.45, 7) is 4.64. The van der Waals surface area contributed by atoms with Crippen LogP contribution >= 0.6 is 0 Å². The number of nitro groups is 1. The number of benzene rings is 1. The van der Waals surface area contributed by atoms with E-state index in [1.165, 1.54) is 0 Å². The first-order chi connectivity index (χ1) is 9.33. The minimum Gasteiger partial charge on any atom is -0.456 e. The minimum absolute atomic E-state index is 0.484. The van der Waals surface area contributed by atoms with Gasteiger partial charge >= 0.3 is 11.7 Å². The number of primary sulfonamides is 1. The second-order valence-electron chi connectivity index (χ2n) is 5.11. The van der Waals surface area contributed by atoms with E-state index >= 15 is 0 Å². The molecule has 0 radical (unpaired) electrons. The monoisotopic (exact) mass is 320 g/mol. The molecule has 0 aliphatic carbocycles. The Morgan fingerprint density at radius 2 is 1.90 bits per heavy atom. The average molecular weight is 320 g/mol. The number of sulfonamides is 1. The lowest BCUT2D eigenvalue weighted by Crippen LogP contribution is -2.24. The van der Waals surface area contributed by atoms with Crippen molar-refractivity contribution in [1.29, 1.82) is 0 Å². The van der Waals surface area contributed by atoms with Gasteiger partial charge in [-0.25, -0.2) is 18.4 Å². The molecule has 0 unspecified atom stereocenters. The molecule has 10 heteroatoms. The van der Waals surface area contributed by atoms with Crippen molar-refractivity contribution in [3.05, 3.63) is 33.6 Å². The second kappa shape index (κ2) is 5.37. The molecule has 21 heavy (non-hydrogen) atoms. The lowest BCUT2D eigenvalue weighted by Gasteiger charge is -2.19. The first-order valence-electron chi connectivity index (χ1n) is 5.57. The van der Waals surface area contributed by atoms with Gasteiger partial charge in [-0.15, -0.1) is 0 Å². The summed E-state index contributed by atoms with van der Waals surface area (Å²) in [6.07, 6.45) is 0. The van der Waals surface area contributed by atoms with Crippen LogP contribution in [0.3, 0.4) is 0 Å². The van der Waals surface area contributed by atoms with Gasteiger partial charge in [-0.2, -0.15) is 4.39 Å². The SMILES string of the molecule is CC(C)(C)OC(=O)c1cc([N+](=O)[O-])c(F)c(S(N)(=O)=O)c1. The van der Waals surface area contributed by atoms with Crippen LogP contribution in [0.4, 0.5) is 10.1 Å². The van der Waals surface area contributed by atoms with Gasteiger partial charge in [0.15, 0.2) is 0 Å². The molecule has 0 atom stereocenters. The summed E-state index contributed by atoms with van der Waals surface area (Å²) in [5.74, 6) is -2.66. The van der Waals surface area contributed by atoms with Crippen LogP contribution in [0.25, 0.3) is 0 Å². The van der Waals surface area contributed by atoms with E-state index in [9.17, 15) is 27.7 Å². The van der Waals surface area contributed by atoms with Crippen molar-refractivity contribution in [3.8, 4) is 0 Å². The maximum Gasteiger partial charge on any atom is 0.338 e. The van der Waals surface area contributed by atoms with Gasteiger partial charge in [0.2, 0.25) is 15.8 Å². The lowest BCUT2D eigenvalue weighted by atomic mass is 10.1. The van der Waals surface area contributed by atoms with E-state index in [-0.39, 0.29) is 0 Å². The van der Waals surface area contributed by atoms with Crippen molar-refractivity contribution in [1.82, 2.24) is 0 Å². The highest BCUT2D eigenvalue weighted by Crippen LogP contribution is 2.26. The second-order valence-corrected chi connectivity index (χ2v) is 6.64. The first kappa shape index (κ1) is 17.0. The first-order valence-corrected chi connectivity index (χ1v) is 7.11. The molecule has 0 fully saturated rings. The predicted octanol–water partition coefficient (Wildman–Crippen LogP) is 1.34. The van der Waals surface area contributed by atoms with Crippen molar-refractivity contribution < 1.29 is 27.3 Å². The quantitative estimate of drug-likeness (QED) is 0.508. The van der Waals surface area contributed by atoms with Gasteiger partial charge in [0.05, 0.1) is 10.5 Å². The van der Waals surface area contributed by atoms with E-state index in [0.717, 1.165) is 0 Å². The molecule has 0 amide bonds. The Balaban J connectivity index is 3.52. The summed E-state index contributed by atoms with van der Waals surface area (Å²) in [7, 11) is -4.58. The predicted molar refractivity (Wildman–Crippen MR) is 69.6 cm³/mol. The third kappa shape index (κ3) is 4.20. The molecule has 1 aromatic carbocycles. The summed E-state index contributed by atoms with van der Waals surface area (Å²) in [5, 5.41) is 15.5. The highest BCUT2D eigenvalue weighted by atomic mass is 32.2. The van der Waals surface area contributed by atoms with Gasteiger partial charge in [-0.05, 0) is 26.8 Å². The van der Waals surface area contributed by atoms with Gasteiger partial charge in [-0.1, -0.05) is 0 Å². The summed E-state index contributed by atoms with van der Waals surface area (Å²) in [6, 6.07) is 1.20. The average Bonchev–Trinajstić information content (AvgIpc) is 2.24. The van der Waals surface area contributed by atoms with E-state index in [1.54, 1.807) is 20.8 Å². The molecular weight excluding hydrogens is 307 g/mol. The summed E-state index contributed by atoms with van der Waals surface area (Å²) in [4.78, 5) is 20.3. The zero-order chi connectivity index (χ0) is 16.6. The Morgan fingerprint density at radius 3 is 2.29 bits per heavy atom. The zero-order valence-corrected chi connectivity index (χ0v) is 12.2. The Bertz CT molecular complexity index is 708. The molecule has 1 rings (SSSR count). The molecule has 0 aromatic heterocycles. The third-order valence-corrected chi connectivity index (χ3v) is 3.07. The number of nitrogens with zero attached hydrogens (tertiary/aromatic N) is 1. The molecule has 8 nitrogen and oxygen atoms in total. The Labute approximate surface area is 119 Å². The largest absolute Gasteiger partial charge is 0.456 e. The Hall–Kier alpha value is -2.07. The van der Waals surface area contributed by atoms with E-state index in [1.807, 2.05) is 0 Å². The van der Waals surface area contributed by atoms with Gasteiger partial charge < -0.3 is 4.74 Å². The maximum atomic E-state index is 13.7. The van der Waals surface area contributed by atoms with Crippen LogP contribution in [0.2, 0.25) is 0 Å². The van der Waals surface area contributed by atoms with Crippen LogP contribution in [0.5, 0.6) is 0 Å². The zero-order valence-electron chi connectivity index (χ0n) is 11.4. The molecule has 0 saturated heterocycles. The number of carbonyl (C=O) groups excluding carboxylic acids is 1. The van der Waals surface area contributed by atoms with E-state index < -0.39 is 48.5 Å². The molecular formula is C11H13FN2O6S. The molecule has 0 saturated carbocycles. The number of hydrogen-bond acceptors (Lipinski definition) is 6. The summed E-state index contributed by atoms with van der Waals surface area (Å²) >= 11 is 0. The van der Waals surface area contributed by atoms with E-state index in [0.29, 0.717) is 12.1 Å². The number of ether oxygens (including phenoxy) is 1. The van der Waals surface area contributed by atoms with Crippen molar-refractivity contribution in [2.45, 2.75) is 31.3 Å². The normalized spacial score (nSPS) is 12.0. The number of nitrogens with two attached hydrogens (primary N) is 1. The highest BCUT2D eigenvalue weighted by molar-refractivity contribution is 7.89. The molecule has 0 bridgehead atoms. The Morgan fingerprint density at radius 1 is 1.38 bits per heavy atom. The molecule has 0 heterocycles. The van der Waals surface area contributed by atoms with Gasteiger partial charge in [-0.3, -0.25) is 10.1 Å². The van der Waals surface area contributed by atoms with Crippen molar-refractivity contribution >= 4 is 21.7 Å². The fourth-order valence-electron chi connectivity index (χ4n) is 1.38. The smallest absolute Gasteiger partial charge is 0.338 e. The molecule has 116 valence electrons. The fraction of sp³-hybridized carbons (Fsp3) is 0.364. The van der Waals surface area contributed by atoms with E-state index in [2.05, 4.69) is 0 Å². The van der Waals surface area contributed by atoms with Crippen molar-refractivity contribution in [3.63, 3.8) is 0 Å². The van der Waals surface area contributed by atoms with Crippen LogP contribution < -0.4 is 5.14 Å². The van der Waals surface area contributed by atoms with E-state index in [4.69, 9.17) is 9.88 Å². The minimum atomic E-state index is -4.58. The van der Waals surface area contributed by atoms with Crippen LogP contribution in [0, 0.1) is 15.9 Å². The number of halogens is 1. The number of esters is 1. The maximum absolute atomic E-state index is 13.7. The topological polar surface area (TPSA) is 130 Å². The van der Waals surface area contributed by atoms with Crippen LogP contribution in [0.1, 0.15) is 31.1 Å². The van der Waals surface area contributed by atoms with Gasteiger partial charge in [0.25, 0.3) is 0 Å². The number of nitro benzene ring substituents is 1. The molecule has 0 aliphatic rings. The van der Waals surface area contributed by atoms with Gasteiger partial charge in [0.1, 0.15) is 10.5 Å². The van der Waals surface area contributed by atoms with Crippen molar-refractivity contribution in [2.75, 3.05) is 0 Å². The molecule has 0 aliphatic heterocycles. The van der Waals surface area contributed by atoms with Crippen LogP contribution in [0.15, 0.2) is 17.0 Å². The lowest BCUT2D eigenvalue weighted by molar-refractivity contribution is -0.387. The van der Waals surface area contributed by atoms with Gasteiger partial charge in [0, 0.05) is 6.07 Å². The number of carbonyl (C=O) groups is 1. The molecule has 0 spiro atoms. The number of rotatable bonds is 3. The molecule has 1 aromatic rings. The van der Waals surface area contributed by atoms with Crippen LogP contribution in [-0.2, 0) is 14.8 Å². The summed E-state index contributed by atoms with van der Waals surface area (Å²) in [5.41, 5.74) is -2.58. The molecule has 2 N–H and O–H groups in total. The van der Waals surface area contributed by atoms with Crippen LogP contribution in [-0.4, -0.2) is 24.9 Å². The van der Waals surface area contributed by atoms with Crippen molar-refractivity contribution in [2.24, 2.45) is 5.14 Å². The number of hydrogen-bond donors (Lipinski definition) is 1. The third-order valence-electron chi connectivity index (χ3n) is 2.16. The summed E-state index contributed by atoms with van der Waals surface area (Å²) < 4.78 is 41.2.